The zero-order valence-electron chi connectivity index (χ0n) is 18.6. The van der Waals surface area contributed by atoms with E-state index in [2.05, 4.69) is 102 Å². The van der Waals surface area contributed by atoms with Crippen LogP contribution in [0.15, 0.2) is 84.9 Å². The molecule has 2 nitrogen and oxygen atoms in total. The lowest BCUT2D eigenvalue weighted by Gasteiger charge is -2.54. The second-order valence-electron chi connectivity index (χ2n) is 9.24. The monoisotopic (exact) mass is 410 g/mol. The van der Waals surface area contributed by atoms with Crippen molar-refractivity contribution in [2.45, 2.75) is 50.7 Å². The zero-order valence-corrected chi connectivity index (χ0v) is 18.6. The van der Waals surface area contributed by atoms with Crippen LogP contribution in [0.25, 0.3) is 0 Å². The first kappa shape index (κ1) is 20.5. The molecule has 2 heteroatoms. The number of benzene rings is 3. The van der Waals surface area contributed by atoms with Crippen molar-refractivity contribution in [2.75, 3.05) is 13.1 Å². The van der Waals surface area contributed by atoms with Crippen molar-refractivity contribution in [2.24, 2.45) is 5.92 Å². The van der Waals surface area contributed by atoms with Gasteiger partial charge in [0.25, 0.3) is 0 Å². The summed E-state index contributed by atoms with van der Waals surface area (Å²) < 4.78 is 0. The normalized spacial score (nSPS) is 25.1. The Morgan fingerprint density at radius 2 is 1.32 bits per heavy atom. The molecule has 0 saturated carbocycles. The number of fused-ring (bicyclic) bond motifs is 3. The van der Waals surface area contributed by atoms with Crippen molar-refractivity contribution in [3.8, 4) is 0 Å². The second kappa shape index (κ2) is 9.38. The summed E-state index contributed by atoms with van der Waals surface area (Å²) in [6, 6.07) is 32.5. The SMILES string of the molecule is CCc1ccc(CNC2C3CCN(CC3)C2C(c2ccccc2)c2ccccc2)cc1. The molecular formula is C29H34N2. The maximum Gasteiger partial charge on any atom is 0.0361 e. The summed E-state index contributed by atoms with van der Waals surface area (Å²) in [6.45, 7) is 5.63. The minimum Gasteiger partial charge on any atom is -0.308 e. The molecule has 2 unspecified atom stereocenters. The molecule has 0 spiro atoms. The van der Waals surface area contributed by atoms with Gasteiger partial charge in [-0.3, -0.25) is 4.90 Å². The molecule has 1 N–H and O–H groups in total. The molecule has 6 rings (SSSR count). The van der Waals surface area contributed by atoms with Crippen LogP contribution in [-0.2, 0) is 13.0 Å². The largest absolute Gasteiger partial charge is 0.308 e. The van der Waals surface area contributed by atoms with Crippen molar-refractivity contribution in [3.63, 3.8) is 0 Å². The molecule has 3 aliphatic heterocycles. The zero-order chi connectivity index (χ0) is 21.0. The summed E-state index contributed by atoms with van der Waals surface area (Å²) in [5.74, 6) is 1.16. The molecule has 0 aliphatic carbocycles. The quantitative estimate of drug-likeness (QED) is 0.543. The van der Waals surface area contributed by atoms with E-state index in [1.165, 1.54) is 48.2 Å². The van der Waals surface area contributed by atoms with Crippen molar-refractivity contribution in [1.82, 2.24) is 10.2 Å². The van der Waals surface area contributed by atoms with E-state index in [-0.39, 0.29) is 0 Å². The van der Waals surface area contributed by atoms with Gasteiger partial charge in [-0.15, -0.1) is 0 Å². The topological polar surface area (TPSA) is 15.3 Å². The third-order valence-electron chi connectivity index (χ3n) is 7.50. The summed E-state index contributed by atoms with van der Waals surface area (Å²) >= 11 is 0. The fourth-order valence-corrected chi connectivity index (χ4v) is 5.82. The third-order valence-corrected chi connectivity index (χ3v) is 7.50. The smallest absolute Gasteiger partial charge is 0.0361 e. The van der Waals surface area contributed by atoms with Crippen LogP contribution in [-0.4, -0.2) is 30.1 Å². The standard InChI is InChI=1S/C29H34N2/c1-2-22-13-15-23(16-14-22)21-30-28-26-17-19-31(20-18-26)29(28)27(24-9-5-3-6-10-24)25-11-7-4-8-12-25/h3-16,26-30H,2,17-21H2,1H3. The molecule has 3 aromatic carbocycles. The van der Waals surface area contributed by atoms with Crippen molar-refractivity contribution < 1.29 is 0 Å². The number of nitrogens with one attached hydrogen (secondary N) is 1. The molecule has 3 aromatic rings. The van der Waals surface area contributed by atoms with Gasteiger partial charge in [-0.25, -0.2) is 0 Å². The van der Waals surface area contributed by atoms with E-state index in [1.54, 1.807) is 0 Å². The van der Waals surface area contributed by atoms with Crippen molar-refractivity contribution in [1.29, 1.82) is 0 Å². The minimum absolute atomic E-state index is 0.394. The fourth-order valence-electron chi connectivity index (χ4n) is 5.82. The molecule has 3 aliphatic rings. The van der Waals surface area contributed by atoms with E-state index < -0.39 is 0 Å². The molecule has 3 saturated heterocycles. The Hall–Kier alpha value is -2.42. The van der Waals surface area contributed by atoms with Crippen LogP contribution in [0.1, 0.15) is 47.9 Å². The number of hydrogen-bond acceptors (Lipinski definition) is 2. The van der Waals surface area contributed by atoms with Gasteiger partial charge in [-0.05, 0) is 60.5 Å². The Morgan fingerprint density at radius 3 is 1.87 bits per heavy atom. The van der Waals surface area contributed by atoms with Crippen molar-refractivity contribution >= 4 is 0 Å². The minimum atomic E-state index is 0.394. The van der Waals surface area contributed by atoms with Crippen LogP contribution in [0.4, 0.5) is 0 Å². The molecule has 2 atom stereocenters. The molecule has 3 heterocycles. The highest BCUT2D eigenvalue weighted by Gasteiger charge is 2.46. The third kappa shape index (κ3) is 4.33. The van der Waals surface area contributed by atoms with Crippen LogP contribution >= 0.6 is 0 Å². The van der Waals surface area contributed by atoms with Gasteiger partial charge in [0.15, 0.2) is 0 Å². The summed E-state index contributed by atoms with van der Waals surface area (Å²) in [6.07, 6.45) is 3.74. The molecule has 2 bridgehead atoms. The lowest BCUT2D eigenvalue weighted by molar-refractivity contribution is 0.00468. The summed E-state index contributed by atoms with van der Waals surface area (Å²) in [5, 5.41) is 4.04. The fraction of sp³-hybridized carbons (Fsp3) is 0.379. The van der Waals surface area contributed by atoms with E-state index in [4.69, 9.17) is 0 Å². The Balaban J connectivity index is 1.46. The molecule has 31 heavy (non-hydrogen) atoms. The molecule has 0 radical (unpaired) electrons. The Kier molecular flexibility index (Phi) is 6.20. The Labute approximate surface area is 187 Å². The number of piperidine rings is 3. The highest BCUT2D eigenvalue weighted by Crippen LogP contribution is 2.42. The van der Waals surface area contributed by atoms with E-state index in [1.807, 2.05) is 0 Å². The van der Waals surface area contributed by atoms with E-state index in [9.17, 15) is 0 Å². The first-order valence-corrected chi connectivity index (χ1v) is 12.0. The maximum absolute atomic E-state index is 4.04. The highest BCUT2D eigenvalue weighted by atomic mass is 15.2. The van der Waals surface area contributed by atoms with Gasteiger partial charge in [-0.1, -0.05) is 91.9 Å². The first-order valence-electron chi connectivity index (χ1n) is 12.0. The van der Waals surface area contributed by atoms with Gasteiger partial charge >= 0.3 is 0 Å². The van der Waals surface area contributed by atoms with Gasteiger partial charge in [0, 0.05) is 24.5 Å². The van der Waals surface area contributed by atoms with Crippen LogP contribution < -0.4 is 5.32 Å². The van der Waals surface area contributed by atoms with Crippen LogP contribution in [0.5, 0.6) is 0 Å². The highest BCUT2D eigenvalue weighted by molar-refractivity contribution is 5.36. The van der Waals surface area contributed by atoms with E-state index in [0.29, 0.717) is 18.0 Å². The second-order valence-corrected chi connectivity index (χ2v) is 9.24. The molecule has 0 aromatic heterocycles. The number of hydrogen-bond donors (Lipinski definition) is 1. The number of aryl methyl sites for hydroxylation is 1. The first-order chi connectivity index (χ1) is 15.3. The Morgan fingerprint density at radius 1 is 0.774 bits per heavy atom. The number of rotatable bonds is 7. The molecule has 160 valence electrons. The van der Waals surface area contributed by atoms with Gasteiger partial charge in [0.05, 0.1) is 0 Å². The van der Waals surface area contributed by atoms with Crippen LogP contribution in [0, 0.1) is 5.92 Å². The molecule has 0 amide bonds. The number of nitrogens with zero attached hydrogens (tertiary/aromatic N) is 1. The van der Waals surface area contributed by atoms with Crippen LogP contribution in [0.3, 0.4) is 0 Å². The lowest BCUT2D eigenvalue weighted by atomic mass is 9.70. The van der Waals surface area contributed by atoms with E-state index >= 15 is 0 Å². The average molecular weight is 411 g/mol. The Bertz CT molecular complexity index is 904. The maximum atomic E-state index is 4.04. The molecule has 3 fully saturated rings. The lowest BCUT2D eigenvalue weighted by Crippen LogP contribution is -2.64. The predicted molar refractivity (Wildman–Crippen MR) is 129 cm³/mol. The summed E-state index contributed by atoms with van der Waals surface area (Å²) in [5.41, 5.74) is 5.68. The van der Waals surface area contributed by atoms with Gasteiger partial charge < -0.3 is 5.32 Å². The average Bonchev–Trinajstić information content (AvgIpc) is 2.86. The predicted octanol–water partition coefficient (Wildman–Crippen LogP) is 5.63. The molecular weight excluding hydrogens is 376 g/mol. The van der Waals surface area contributed by atoms with Gasteiger partial charge in [0.1, 0.15) is 0 Å². The van der Waals surface area contributed by atoms with Gasteiger partial charge in [-0.2, -0.15) is 0 Å². The summed E-state index contributed by atoms with van der Waals surface area (Å²) in [7, 11) is 0. The summed E-state index contributed by atoms with van der Waals surface area (Å²) in [4.78, 5) is 2.77. The van der Waals surface area contributed by atoms with Crippen molar-refractivity contribution in [3.05, 3.63) is 107 Å². The van der Waals surface area contributed by atoms with E-state index in [0.717, 1.165) is 18.9 Å². The van der Waals surface area contributed by atoms with Crippen LogP contribution in [0.2, 0.25) is 0 Å². The van der Waals surface area contributed by atoms with Gasteiger partial charge in [0.2, 0.25) is 0 Å².